The van der Waals surface area contributed by atoms with Gasteiger partial charge in [0.2, 0.25) is 0 Å². The molecule has 0 radical (unpaired) electrons. The zero-order valence-corrected chi connectivity index (χ0v) is 20.6. The van der Waals surface area contributed by atoms with Crippen LogP contribution in [0.2, 0.25) is 0 Å². The first-order valence-electron chi connectivity index (χ1n) is 11.7. The lowest BCUT2D eigenvalue weighted by Gasteiger charge is -2.10. The van der Waals surface area contributed by atoms with Crippen LogP contribution in [-0.4, -0.2) is 15.2 Å². The summed E-state index contributed by atoms with van der Waals surface area (Å²) in [6, 6.07) is 28.3. The molecule has 174 valence electrons. The van der Waals surface area contributed by atoms with Gasteiger partial charge in [-0.1, -0.05) is 48.6 Å². The molecule has 0 aliphatic rings. The van der Waals surface area contributed by atoms with Crippen LogP contribution in [0.1, 0.15) is 23.6 Å². The van der Waals surface area contributed by atoms with Gasteiger partial charge in [-0.2, -0.15) is 0 Å². The number of benzene rings is 4. The molecule has 5 aromatic rings. The summed E-state index contributed by atoms with van der Waals surface area (Å²) in [4.78, 5) is 12.1. The molecule has 0 saturated heterocycles. The van der Waals surface area contributed by atoms with Gasteiger partial charge in [-0.15, -0.1) is 11.8 Å². The molecule has 0 saturated carbocycles. The highest BCUT2D eigenvalue weighted by Crippen LogP contribution is 2.34. The largest absolute Gasteiger partial charge is 0.309 e. The number of nitrogens with zero attached hydrogens (tertiary/aromatic N) is 2. The predicted molar refractivity (Wildman–Crippen MR) is 148 cm³/mol. The number of nitro groups is 1. The normalized spacial score (nSPS) is 11.6. The third-order valence-electron chi connectivity index (χ3n) is 6.32. The van der Waals surface area contributed by atoms with Crippen molar-refractivity contribution >= 4 is 45.3 Å². The van der Waals surface area contributed by atoms with Gasteiger partial charge in [0.1, 0.15) is 0 Å². The molecular formula is C30H26N2O2S. The predicted octanol–water partition coefficient (Wildman–Crippen LogP) is 8.37. The first-order chi connectivity index (χ1) is 17.1. The molecule has 1 heterocycles. The fourth-order valence-corrected chi connectivity index (χ4v) is 5.73. The molecule has 1 aromatic heterocycles. The second-order valence-corrected chi connectivity index (χ2v) is 9.70. The van der Waals surface area contributed by atoms with Crippen LogP contribution in [0.5, 0.6) is 0 Å². The van der Waals surface area contributed by atoms with E-state index in [-0.39, 0.29) is 10.6 Å². The van der Waals surface area contributed by atoms with Crippen molar-refractivity contribution in [2.24, 2.45) is 0 Å². The fraction of sp³-hybridized carbons (Fsp3) is 0.133. The van der Waals surface area contributed by atoms with Gasteiger partial charge in [0.05, 0.1) is 16.0 Å². The average molecular weight is 479 g/mol. The number of hydrogen-bond acceptors (Lipinski definition) is 3. The lowest BCUT2D eigenvalue weighted by molar-refractivity contribution is -0.384. The summed E-state index contributed by atoms with van der Waals surface area (Å²) in [5.74, 6) is 1.00. The van der Waals surface area contributed by atoms with Gasteiger partial charge in [0.15, 0.2) is 0 Å². The summed E-state index contributed by atoms with van der Waals surface area (Å²) in [6.07, 6.45) is 5.26. The standard InChI is InChI=1S/C30H26N2O2S/c1-3-7-25-21(2)8-6-11-30(25)35-19-18-22-12-17-29-27(20-22)26-9-4-5-10-28(26)31(29)23-13-15-24(16-14-23)32(33)34/h3-17,20H,18-19H2,1-2H3/b7-3-. The Kier molecular flexibility index (Phi) is 6.43. The van der Waals surface area contributed by atoms with Crippen molar-refractivity contribution in [3.63, 3.8) is 0 Å². The first-order valence-corrected chi connectivity index (χ1v) is 12.7. The van der Waals surface area contributed by atoms with E-state index in [1.54, 1.807) is 12.1 Å². The molecule has 0 N–H and O–H groups in total. The molecule has 4 aromatic carbocycles. The van der Waals surface area contributed by atoms with Crippen molar-refractivity contribution in [2.45, 2.75) is 25.2 Å². The van der Waals surface area contributed by atoms with Crippen molar-refractivity contribution in [1.82, 2.24) is 4.57 Å². The molecule has 0 aliphatic carbocycles. The quantitative estimate of drug-likeness (QED) is 0.134. The highest BCUT2D eigenvalue weighted by atomic mass is 32.2. The van der Waals surface area contributed by atoms with Gasteiger partial charge < -0.3 is 4.57 Å². The maximum Gasteiger partial charge on any atom is 0.269 e. The number of thioether (sulfide) groups is 1. The van der Waals surface area contributed by atoms with Crippen LogP contribution in [0, 0.1) is 17.0 Å². The Morgan fingerprint density at radius 3 is 2.46 bits per heavy atom. The van der Waals surface area contributed by atoms with Crippen LogP contribution in [-0.2, 0) is 6.42 Å². The zero-order valence-electron chi connectivity index (χ0n) is 19.8. The monoisotopic (exact) mass is 478 g/mol. The van der Waals surface area contributed by atoms with Gasteiger partial charge >= 0.3 is 0 Å². The van der Waals surface area contributed by atoms with E-state index < -0.39 is 0 Å². The van der Waals surface area contributed by atoms with E-state index in [1.807, 2.05) is 30.0 Å². The number of fused-ring (bicyclic) bond motifs is 3. The number of allylic oxidation sites excluding steroid dienone is 1. The molecule has 0 atom stereocenters. The van der Waals surface area contributed by atoms with E-state index in [4.69, 9.17) is 0 Å². The Bertz CT molecular complexity index is 1570. The van der Waals surface area contributed by atoms with Crippen molar-refractivity contribution in [3.05, 3.63) is 118 Å². The minimum absolute atomic E-state index is 0.0977. The van der Waals surface area contributed by atoms with E-state index >= 15 is 0 Å². The number of nitro benzene ring substituents is 1. The summed E-state index contributed by atoms with van der Waals surface area (Å²) < 4.78 is 2.18. The van der Waals surface area contributed by atoms with Crippen LogP contribution < -0.4 is 0 Å². The number of non-ortho nitro benzene ring substituents is 1. The highest BCUT2D eigenvalue weighted by molar-refractivity contribution is 7.99. The van der Waals surface area contributed by atoms with Crippen molar-refractivity contribution in [3.8, 4) is 5.69 Å². The van der Waals surface area contributed by atoms with Crippen LogP contribution in [0.3, 0.4) is 0 Å². The SMILES string of the molecule is C/C=C\c1c(C)cccc1SCCc1ccc2c(c1)c1ccccc1n2-c1ccc([N+](=O)[O-])cc1. The van der Waals surface area contributed by atoms with E-state index in [0.717, 1.165) is 28.9 Å². The zero-order chi connectivity index (χ0) is 24.4. The minimum Gasteiger partial charge on any atom is -0.309 e. The second-order valence-electron chi connectivity index (χ2n) is 8.56. The van der Waals surface area contributed by atoms with Gasteiger partial charge in [0.25, 0.3) is 5.69 Å². The summed E-state index contributed by atoms with van der Waals surface area (Å²) in [5, 5.41) is 13.5. The van der Waals surface area contributed by atoms with Gasteiger partial charge in [-0.25, -0.2) is 0 Å². The third-order valence-corrected chi connectivity index (χ3v) is 7.40. The fourth-order valence-electron chi connectivity index (χ4n) is 4.62. The molecule has 35 heavy (non-hydrogen) atoms. The molecule has 0 spiro atoms. The summed E-state index contributed by atoms with van der Waals surface area (Å²) in [5.41, 5.74) is 7.12. The Labute approximate surface area is 209 Å². The van der Waals surface area contributed by atoms with Crippen molar-refractivity contribution in [1.29, 1.82) is 0 Å². The van der Waals surface area contributed by atoms with E-state index in [2.05, 4.69) is 85.2 Å². The van der Waals surface area contributed by atoms with E-state index in [0.29, 0.717) is 0 Å². The number of hydrogen-bond donors (Lipinski definition) is 0. The average Bonchev–Trinajstić information content (AvgIpc) is 3.20. The molecule has 5 rings (SSSR count). The maximum absolute atomic E-state index is 11.1. The van der Waals surface area contributed by atoms with Crippen LogP contribution in [0.4, 0.5) is 5.69 Å². The van der Waals surface area contributed by atoms with E-state index in [1.165, 1.54) is 32.4 Å². The van der Waals surface area contributed by atoms with Crippen LogP contribution in [0.15, 0.2) is 95.9 Å². The second kappa shape index (κ2) is 9.80. The molecular weight excluding hydrogens is 452 g/mol. The maximum atomic E-state index is 11.1. The van der Waals surface area contributed by atoms with Gasteiger partial charge in [0, 0.05) is 39.2 Å². The summed E-state index contributed by atoms with van der Waals surface area (Å²) >= 11 is 1.90. The first kappa shape index (κ1) is 22.9. The molecule has 0 unspecified atom stereocenters. The lowest BCUT2D eigenvalue weighted by atomic mass is 10.1. The number of aromatic nitrogens is 1. The molecule has 0 aliphatic heterocycles. The number of rotatable bonds is 7. The topological polar surface area (TPSA) is 48.1 Å². The Hall–Kier alpha value is -3.83. The smallest absolute Gasteiger partial charge is 0.269 e. The number of para-hydroxylation sites is 1. The Morgan fingerprint density at radius 2 is 1.69 bits per heavy atom. The minimum atomic E-state index is -0.363. The molecule has 5 heteroatoms. The van der Waals surface area contributed by atoms with Crippen molar-refractivity contribution < 1.29 is 4.92 Å². The molecule has 0 fully saturated rings. The lowest BCUT2D eigenvalue weighted by Crippen LogP contribution is -1.95. The molecule has 0 bridgehead atoms. The Morgan fingerprint density at radius 1 is 0.914 bits per heavy atom. The highest BCUT2D eigenvalue weighted by Gasteiger charge is 2.14. The third kappa shape index (κ3) is 4.47. The van der Waals surface area contributed by atoms with Crippen LogP contribution >= 0.6 is 11.8 Å². The Balaban J connectivity index is 1.47. The van der Waals surface area contributed by atoms with E-state index in [9.17, 15) is 10.1 Å². The van der Waals surface area contributed by atoms with Gasteiger partial charge in [-0.05, 0) is 73.4 Å². The van der Waals surface area contributed by atoms with Gasteiger partial charge in [-0.3, -0.25) is 10.1 Å². The number of aryl methyl sites for hydroxylation is 2. The molecule has 4 nitrogen and oxygen atoms in total. The van der Waals surface area contributed by atoms with Crippen LogP contribution in [0.25, 0.3) is 33.6 Å². The summed E-state index contributed by atoms with van der Waals surface area (Å²) in [6.45, 7) is 4.22. The summed E-state index contributed by atoms with van der Waals surface area (Å²) in [7, 11) is 0. The van der Waals surface area contributed by atoms with Crippen molar-refractivity contribution in [2.75, 3.05) is 5.75 Å². The molecule has 0 amide bonds.